The predicted octanol–water partition coefficient (Wildman–Crippen LogP) is -1.08. The highest BCUT2D eigenvalue weighted by Crippen LogP contribution is 2.16. The maximum atomic E-state index is 10.9. The fraction of sp³-hybridized carbons (Fsp3) is 0.500. The summed E-state index contributed by atoms with van der Waals surface area (Å²) in [7, 11) is 0. The Balaban J connectivity index is 0. The first-order chi connectivity index (χ1) is 7.17. The number of ether oxygens (including phenoxy) is 1. The summed E-state index contributed by atoms with van der Waals surface area (Å²) in [5.41, 5.74) is -2.78. The zero-order valence-corrected chi connectivity index (χ0v) is 9.00. The van der Waals surface area contributed by atoms with E-state index in [1.807, 2.05) is 0 Å². The Morgan fingerprint density at radius 1 is 1.12 bits per heavy atom. The molecule has 17 heavy (non-hydrogen) atoms. The summed E-state index contributed by atoms with van der Waals surface area (Å²) in [5.74, 6) is -5.76. The Morgan fingerprint density at radius 2 is 1.59 bits per heavy atom. The van der Waals surface area contributed by atoms with Crippen LogP contribution in [0.4, 0.5) is 0 Å². The molecule has 0 aliphatic carbocycles. The van der Waals surface area contributed by atoms with E-state index in [2.05, 4.69) is 4.74 Å². The standard InChI is InChI=1S/C8H10O8.H3N/c1-4(9)16-6(12)3-8(15,7(13)14)2-5(10)11;/h15H,2-3H2,1H3,(H,10,11)(H,13,14);1H3. The van der Waals surface area contributed by atoms with Crippen molar-refractivity contribution in [2.75, 3.05) is 0 Å². The van der Waals surface area contributed by atoms with Crippen LogP contribution in [0.2, 0.25) is 0 Å². The zero-order valence-electron chi connectivity index (χ0n) is 9.00. The minimum absolute atomic E-state index is 0. The summed E-state index contributed by atoms with van der Waals surface area (Å²) in [5, 5.41) is 26.3. The Hall–Kier alpha value is -2.00. The molecule has 6 N–H and O–H groups in total. The molecule has 0 rings (SSSR count). The number of carbonyl (C=O) groups is 4. The average Bonchev–Trinajstić information content (AvgIpc) is 1.98. The molecule has 0 aliphatic rings. The van der Waals surface area contributed by atoms with Crippen LogP contribution < -0.4 is 6.15 Å². The van der Waals surface area contributed by atoms with Crippen LogP contribution in [0.15, 0.2) is 0 Å². The van der Waals surface area contributed by atoms with Gasteiger partial charge in [-0.2, -0.15) is 0 Å². The molecule has 9 nitrogen and oxygen atoms in total. The number of hydrogen-bond donors (Lipinski definition) is 4. The molecule has 1 atom stereocenters. The Labute approximate surface area is 95.6 Å². The van der Waals surface area contributed by atoms with Gasteiger partial charge in [0.15, 0.2) is 5.60 Å². The topological polar surface area (TPSA) is 173 Å². The second-order valence-corrected chi connectivity index (χ2v) is 3.05. The van der Waals surface area contributed by atoms with E-state index in [0.29, 0.717) is 0 Å². The van der Waals surface area contributed by atoms with Crippen LogP contribution in [0.1, 0.15) is 19.8 Å². The molecular formula is C8H13NO8. The van der Waals surface area contributed by atoms with Crippen molar-refractivity contribution in [2.24, 2.45) is 0 Å². The predicted molar refractivity (Wildman–Crippen MR) is 51.3 cm³/mol. The first-order valence-electron chi connectivity index (χ1n) is 4.06. The van der Waals surface area contributed by atoms with E-state index in [1.165, 1.54) is 0 Å². The summed E-state index contributed by atoms with van der Waals surface area (Å²) < 4.78 is 3.98. The van der Waals surface area contributed by atoms with Crippen molar-refractivity contribution in [3.8, 4) is 0 Å². The molecular weight excluding hydrogens is 238 g/mol. The van der Waals surface area contributed by atoms with Crippen molar-refractivity contribution >= 4 is 23.9 Å². The highest BCUT2D eigenvalue weighted by Gasteiger charge is 2.41. The number of aliphatic hydroxyl groups is 1. The highest BCUT2D eigenvalue weighted by atomic mass is 16.6. The third-order valence-electron chi connectivity index (χ3n) is 1.54. The SMILES string of the molecule is CC(=O)OC(=O)CC(O)(CC(=O)O)C(=O)O.N. The molecule has 0 aromatic heterocycles. The van der Waals surface area contributed by atoms with Crippen LogP contribution in [0.5, 0.6) is 0 Å². The van der Waals surface area contributed by atoms with Gasteiger partial charge in [0.25, 0.3) is 0 Å². The second-order valence-electron chi connectivity index (χ2n) is 3.05. The molecule has 98 valence electrons. The van der Waals surface area contributed by atoms with Gasteiger partial charge in [-0.25, -0.2) is 4.79 Å². The molecule has 0 radical (unpaired) electrons. The number of carbonyl (C=O) groups excluding carboxylic acids is 2. The molecule has 0 saturated heterocycles. The molecule has 0 saturated carbocycles. The van der Waals surface area contributed by atoms with Gasteiger partial charge < -0.3 is 26.2 Å². The van der Waals surface area contributed by atoms with Gasteiger partial charge in [0, 0.05) is 6.92 Å². The maximum Gasteiger partial charge on any atom is 0.336 e. The third kappa shape index (κ3) is 6.22. The molecule has 0 heterocycles. The molecule has 0 aromatic rings. The molecule has 0 amide bonds. The van der Waals surface area contributed by atoms with Crippen LogP contribution in [0.3, 0.4) is 0 Å². The lowest BCUT2D eigenvalue weighted by atomic mass is 9.96. The minimum atomic E-state index is -2.78. The van der Waals surface area contributed by atoms with Crippen LogP contribution >= 0.6 is 0 Å². The smallest absolute Gasteiger partial charge is 0.336 e. The number of carboxylic acids is 2. The molecule has 0 aliphatic heterocycles. The first kappa shape index (κ1) is 17.4. The summed E-state index contributed by atoms with van der Waals surface area (Å²) in [6.07, 6.45) is -2.29. The quantitative estimate of drug-likeness (QED) is 0.350. The van der Waals surface area contributed by atoms with E-state index < -0.39 is 42.3 Å². The molecule has 0 aromatic carbocycles. The van der Waals surface area contributed by atoms with E-state index in [1.54, 1.807) is 0 Å². The molecule has 1 unspecified atom stereocenters. The monoisotopic (exact) mass is 251 g/mol. The van der Waals surface area contributed by atoms with Crippen LogP contribution in [-0.2, 0) is 23.9 Å². The van der Waals surface area contributed by atoms with Gasteiger partial charge in [0.2, 0.25) is 0 Å². The van der Waals surface area contributed by atoms with Gasteiger partial charge in [0.1, 0.15) is 0 Å². The van der Waals surface area contributed by atoms with Gasteiger partial charge in [-0.15, -0.1) is 0 Å². The summed E-state index contributed by atoms with van der Waals surface area (Å²) in [6.45, 7) is 0.912. The molecule has 0 spiro atoms. The maximum absolute atomic E-state index is 10.9. The van der Waals surface area contributed by atoms with Crippen LogP contribution in [0.25, 0.3) is 0 Å². The lowest BCUT2D eigenvalue weighted by Gasteiger charge is -2.19. The lowest BCUT2D eigenvalue weighted by molar-refractivity contribution is -0.174. The van der Waals surface area contributed by atoms with Crippen LogP contribution in [0, 0.1) is 0 Å². The lowest BCUT2D eigenvalue weighted by Crippen LogP contribution is -2.43. The van der Waals surface area contributed by atoms with Crippen molar-refractivity contribution in [2.45, 2.75) is 25.4 Å². The van der Waals surface area contributed by atoms with Gasteiger partial charge >= 0.3 is 23.9 Å². The van der Waals surface area contributed by atoms with Gasteiger partial charge in [-0.05, 0) is 0 Å². The molecule has 9 heteroatoms. The first-order valence-corrected chi connectivity index (χ1v) is 4.06. The van der Waals surface area contributed by atoms with E-state index in [4.69, 9.17) is 10.2 Å². The largest absolute Gasteiger partial charge is 0.481 e. The number of esters is 2. The third-order valence-corrected chi connectivity index (χ3v) is 1.54. The summed E-state index contributed by atoms with van der Waals surface area (Å²) in [4.78, 5) is 42.1. The van der Waals surface area contributed by atoms with Crippen molar-refractivity contribution in [1.29, 1.82) is 0 Å². The highest BCUT2D eigenvalue weighted by molar-refractivity contribution is 5.91. The zero-order chi connectivity index (χ0) is 12.9. The summed E-state index contributed by atoms with van der Waals surface area (Å²) >= 11 is 0. The van der Waals surface area contributed by atoms with E-state index in [-0.39, 0.29) is 6.15 Å². The van der Waals surface area contributed by atoms with Gasteiger partial charge in [-0.3, -0.25) is 14.4 Å². The fourth-order valence-corrected chi connectivity index (χ4v) is 0.899. The molecule has 0 fully saturated rings. The number of carboxylic acid groups (broad SMARTS) is 2. The number of rotatable bonds is 5. The van der Waals surface area contributed by atoms with Crippen molar-refractivity contribution in [1.82, 2.24) is 6.15 Å². The Morgan fingerprint density at radius 3 is 1.88 bits per heavy atom. The molecule has 0 bridgehead atoms. The summed E-state index contributed by atoms with van der Waals surface area (Å²) in [6, 6.07) is 0. The van der Waals surface area contributed by atoms with Gasteiger partial charge in [0.05, 0.1) is 12.8 Å². The van der Waals surface area contributed by atoms with Gasteiger partial charge in [-0.1, -0.05) is 0 Å². The van der Waals surface area contributed by atoms with E-state index in [0.717, 1.165) is 6.92 Å². The van der Waals surface area contributed by atoms with E-state index >= 15 is 0 Å². The minimum Gasteiger partial charge on any atom is -0.481 e. The number of aliphatic carboxylic acids is 2. The number of hydrogen-bond acceptors (Lipinski definition) is 7. The Bertz CT molecular complexity index is 338. The average molecular weight is 251 g/mol. The van der Waals surface area contributed by atoms with Crippen molar-refractivity contribution < 1.29 is 39.2 Å². The van der Waals surface area contributed by atoms with Crippen LogP contribution in [-0.4, -0.2) is 44.8 Å². The van der Waals surface area contributed by atoms with Crippen molar-refractivity contribution in [3.05, 3.63) is 0 Å². The normalized spacial score (nSPS) is 12.8. The fourth-order valence-electron chi connectivity index (χ4n) is 0.899. The Kier molecular flexibility index (Phi) is 6.71. The van der Waals surface area contributed by atoms with E-state index in [9.17, 15) is 24.3 Å². The van der Waals surface area contributed by atoms with Crippen molar-refractivity contribution in [3.63, 3.8) is 0 Å². The second kappa shape index (κ2) is 6.55.